The molecule has 0 saturated heterocycles. The van der Waals surface area contributed by atoms with Crippen LogP contribution in [0.15, 0.2) is 158 Å². The van der Waals surface area contributed by atoms with Crippen molar-refractivity contribution in [1.82, 2.24) is 19.1 Å². The highest BCUT2D eigenvalue weighted by Gasteiger charge is 2.17. The third kappa shape index (κ3) is 3.85. The number of hydrogen-bond donors (Lipinski definition) is 0. The zero-order valence-electron chi connectivity index (χ0n) is 23.8. The van der Waals surface area contributed by atoms with Gasteiger partial charge in [-0.05, 0) is 77.9 Å². The molecule has 44 heavy (non-hydrogen) atoms. The SMILES string of the molecule is c1ccc(-c2cc(-c3ccc4c(c3)c3cc5ccn(-c6ccccc6)c5cc3n4-c3ccccc3)nc3ccncc23)cc1. The number of rotatable bonds is 4. The Hall–Kier alpha value is -6.00. The molecule has 0 amide bonds. The van der Waals surface area contributed by atoms with E-state index in [4.69, 9.17) is 4.98 Å². The molecule has 0 fully saturated rings. The summed E-state index contributed by atoms with van der Waals surface area (Å²) in [7, 11) is 0. The molecule has 4 aromatic heterocycles. The number of pyridine rings is 2. The van der Waals surface area contributed by atoms with Gasteiger partial charge in [-0.1, -0.05) is 72.8 Å². The highest BCUT2D eigenvalue weighted by molar-refractivity contribution is 6.14. The number of nitrogens with zero attached hydrogens (tertiary/aromatic N) is 4. The molecule has 0 spiro atoms. The van der Waals surface area contributed by atoms with Gasteiger partial charge in [-0.2, -0.15) is 0 Å². The fourth-order valence-electron chi connectivity index (χ4n) is 6.55. The van der Waals surface area contributed by atoms with Gasteiger partial charge in [0.1, 0.15) is 0 Å². The zero-order valence-corrected chi connectivity index (χ0v) is 23.8. The molecule has 0 unspecified atom stereocenters. The Labute approximate surface area is 254 Å². The summed E-state index contributed by atoms with van der Waals surface area (Å²) in [5, 5.41) is 4.68. The van der Waals surface area contributed by atoms with E-state index >= 15 is 0 Å². The molecular weight excluding hydrogens is 536 g/mol. The Balaban J connectivity index is 1.31. The fraction of sp³-hybridized carbons (Fsp3) is 0. The van der Waals surface area contributed by atoms with E-state index in [0.717, 1.165) is 44.7 Å². The summed E-state index contributed by atoms with van der Waals surface area (Å²) in [4.78, 5) is 9.53. The lowest BCUT2D eigenvalue weighted by molar-refractivity contribution is 1.12. The van der Waals surface area contributed by atoms with Crippen LogP contribution in [0.2, 0.25) is 0 Å². The highest BCUT2D eigenvalue weighted by atomic mass is 15.0. The third-order valence-corrected chi connectivity index (χ3v) is 8.62. The lowest BCUT2D eigenvalue weighted by Gasteiger charge is -2.11. The van der Waals surface area contributed by atoms with Gasteiger partial charge in [-0.25, -0.2) is 4.98 Å². The molecule has 9 rings (SSSR count). The maximum absolute atomic E-state index is 5.12. The molecule has 4 heteroatoms. The molecule has 206 valence electrons. The third-order valence-electron chi connectivity index (χ3n) is 8.62. The second-order valence-corrected chi connectivity index (χ2v) is 11.2. The quantitative estimate of drug-likeness (QED) is 0.214. The average molecular weight is 563 g/mol. The van der Waals surface area contributed by atoms with E-state index in [1.54, 1.807) is 0 Å². The summed E-state index contributed by atoms with van der Waals surface area (Å²) in [6.07, 6.45) is 5.90. The van der Waals surface area contributed by atoms with Gasteiger partial charge in [-0.15, -0.1) is 0 Å². The Bertz CT molecular complexity index is 2470. The zero-order chi connectivity index (χ0) is 29.0. The van der Waals surface area contributed by atoms with Crippen LogP contribution in [0.4, 0.5) is 0 Å². The Morgan fingerprint density at radius 1 is 0.500 bits per heavy atom. The van der Waals surface area contributed by atoms with Crippen LogP contribution >= 0.6 is 0 Å². The van der Waals surface area contributed by atoms with Crippen LogP contribution in [0.1, 0.15) is 0 Å². The molecule has 5 aromatic carbocycles. The number of fused-ring (bicyclic) bond motifs is 5. The topological polar surface area (TPSA) is 35.6 Å². The molecule has 4 heterocycles. The molecule has 0 N–H and O–H groups in total. The Morgan fingerprint density at radius 2 is 1.23 bits per heavy atom. The van der Waals surface area contributed by atoms with Crippen molar-refractivity contribution in [3.63, 3.8) is 0 Å². The van der Waals surface area contributed by atoms with Crippen LogP contribution in [0, 0.1) is 0 Å². The van der Waals surface area contributed by atoms with Gasteiger partial charge in [0.2, 0.25) is 0 Å². The van der Waals surface area contributed by atoms with Gasteiger partial charge in [-0.3, -0.25) is 4.98 Å². The summed E-state index contributed by atoms with van der Waals surface area (Å²) < 4.78 is 4.65. The maximum atomic E-state index is 5.12. The van der Waals surface area contributed by atoms with Gasteiger partial charge >= 0.3 is 0 Å². The predicted octanol–water partition coefficient (Wildman–Crippen LogP) is 10.0. The molecule has 9 aromatic rings. The summed E-state index contributed by atoms with van der Waals surface area (Å²) in [6.45, 7) is 0. The molecule has 0 aliphatic rings. The van der Waals surface area contributed by atoms with E-state index in [-0.39, 0.29) is 0 Å². The molecule has 0 aliphatic heterocycles. The predicted molar refractivity (Wildman–Crippen MR) is 182 cm³/mol. The van der Waals surface area contributed by atoms with Crippen molar-refractivity contribution in [3.8, 4) is 33.8 Å². The van der Waals surface area contributed by atoms with E-state index in [9.17, 15) is 0 Å². The van der Waals surface area contributed by atoms with E-state index in [1.807, 2.05) is 24.5 Å². The first kappa shape index (κ1) is 24.6. The molecule has 0 saturated carbocycles. The minimum Gasteiger partial charge on any atom is -0.316 e. The van der Waals surface area contributed by atoms with Crippen molar-refractivity contribution < 1.29 is 0 Å². The number of hydrogen-bond acceptors (Lipinski definition) is 2. The van der Waals surface area contributed by atoms with Gasteiger partial charge in [0.15, 0.2) is 0 Å². The van der Waals surface area contributed by atoms with Crippen LogP contribution in [0.25, 0.3) is 77.4 Å². The lowest BCUT2D eigenvalue weighted by Crippen LogP contribution is -1.95. The summed E-state index contributed by atoms with van der Waals surface area (Å²) in [5.74, 6) is 0. The largest absolute Gasteiger partial charge is 0.316 e. The van der Waals surface area contributed by atoms with Gasteiger partial charge in [0.05, 0.1) is 27.8 Å². The maximum Gasteiger partial charge on any atom is 0.0746 e. The molecule has 0 radical (unpaired) electrons. The van der Waals surface area contributed by atoms with Crippen LogP contribution in [0.5, 0.6) is 0 Å². The van der Waals surface area contributed by atoms with Crippen molar-refractivity contribution in [3.05, 3.63) is 158 Å². The van der Waals surface area contributed by atoms with Gasteiger partial charge < -0.3 is 9.13 Å². The van der Waals surface area contributed by atoms with Crippen LogP contribution < -0.4 is 0 Å². The summed E-state index contributed by atoms with van der Waals surface area (Å²) in [6, 6.07) is 49.5. The number of benzene rings is 5. The second-order valence-electron chi connectivity index (χ2n) is 11.2. The monoisotopic (exact) mass is 562 g/mol. The van der Waals surface area contributed by atoms with Gasteiger partial charge in [0.25, 0.3) is 0 Å². The lowest BCUT2D eigenvalue weighted by atomic mass is 9.98. The van der Waals surface area contributed by atoms with Crippen LogP contribution in [-0.4, -0.2) is 19.1 Å². The first-order valence-electron chi connectivity index (χ1n) is 14.8. The molecular formula is C40H26N4. The molecule has 0 atom stereocenters. The van der Waals surface area contributed by atoms with Crippen LogP contribution in [-0.2, 0) is 0 Å². The normalized spacial score (nSPS) is 11.6. The summed E-state index contributed by atoms with van der Waals surface area (Å²) >= 11 is 0. The number of aromatic nitrogens is 4. The second kappa shape index (κ2) is 9.79. The van der Waals surface area contributed by atoms with Crippen molar-refractivity contribution in [2.24, 2.45) is 0 Å². The van der Waals surface area contributed by atoms with Gasteiger partial charge in [0, 0.05) is 57.1 Å². The first-order chi connectivity index (χ1) is 21.8. The minimum absolute atomic E-state index is 0.937. The van der Waals surface area contributed by atoms with Crippen LogP contribution in [0.3, 0.4) is 0 Å². The fourth-order valence-corrected chi connectivity index (χ4v) is 6.55. The van der Waals surface area contributed by atoms with E-state index in [0.29, 0.717) is 0 Å². The molecule has 0 bridgehead atoms. The average Bonchev–Trinajstić information content (AvgIpc) is 3.66. The standard InChI is InChI=1S/C40H26N4/c1-4-10-27(11-5-1)32-24-37(42-36-18-20-41-26-35(32)36)28-16-17-38-33(22-28)34-23-29-19-21-43(30-12-6-2-7-13-30)39(29)25-40(34)44(38)31-14-8-3-9-15-31/h1-26H. The van der Waals surface area contributed by atoms with Crippen molar-refractivity contribution >= 4 is 43.6 Å². The molecule has 4 nitrogen and oxygen atoms in total. The Morgan fingerprint density at radius 3 is 2.02 bits per heavy atom. The number of para-hydroxylation sites is 2. The summed E-state index contributed by atoms with van der Waals surface area (Å²) in [5.41, 5.74) is 11.1. The Kier molecular flexibility index (Phi) is 5.47. The van der Waals surface area contributed by atoms with E-state index in [1.165, 1.54) is 32.7 Å². The van der Waals surface area contributed by atoms with E-state index in [2.05, 4.69) is 148 Å². The first-order valence-corrected chi connectivity index (χ1v) is 14.8. The van der Waals surface area contributed by atoms with Crippen molar-refractivity contribution in [2.45, 2.75) is 0 Å². The minimum atomic E-state index is 0.937. The van der Waals surface area contributed by atoms with Crippen molar-refractivity contribution in [2.75, 3.05) is 0 Å². The highest BCUT2D eigenvalue weighted by Crippen LogP contribution is 2.39. The molecule has 0 aliphatic carbocycles. The smallest absolute Gasteiger partial charge is 0.0746 e. The van der Waals surface area contributed by atoms with Crippen molar-refractivity contribution in [1.29, 1.82) is 0 Å². The van der Waals surface area contributed by atoms with E-state index < -0.39 is 0 Å².